The Morgan fingerprint density at radius 1 is 1.05 bits per heavy atom. The Labute approximate surface area is 132 Å². The summed E-state index contributed by atoms with van der Waals surface area (Å²) in [4.78, 5) is 10.7. The molecule has 3 rings (SSSR count). The molecule has 8 heteroatoms. The Kier molecular flexibility index (Phi) is 3.71. The minimum Gasteiger partial charge on any atom is -0.354 e. The fourth-order valence-electron chi connectivity index (χ4n) is 2.41. The standard InChI is InChI=1S/C13H13Cl2N3O2S/c1-21(19,20)13-12(18-4-2-3-5-18)16-10-6-8(14)9(15)7-11(10)17-13/h6-7H,2-5H2,1H3. The number of hydrogen-bond donors (Lipinski definition) is 0. The highest BCUT2D eigenvalue weighted by Gasteiger charge is 2.25. The molecular weight excluding hydrogens is 333 g/mol. The highest BCUT2D eigenvalue weighted by Crippen LogP contribution is 2.31. The number of rotatable bonds is 2. The monoisotopic (exact) mass is 345 g/mol. The van der Waals surface area contributed by atoms with Crippen LogP contribution < -0.4 is 4.90 Å². The first-order chi connectivity index (χ1) is 9.86. The van der Waals surface area contributed by atoms with E-state index in [-0.39, 0.29) is 5.03 Å². The van der Waals surface area contributed by atoms with Crippen molar-refractivity contribution >= 4 is 49.9 Å². The molecule has 1 saturated heterocycles. The topological polar surface area (TPSA) is 63.2 Å². The predicted octanol–water partition coefficient (Wildman–Crippen LogP) is 2.94. The van der Waals surface area contributed by atoms with Gasteiger partial charge < -0.3 is 4.90 Å². The lowest BCUT2D eigenvalue weighted by molar-refractivity contribution is 0.598. The van der Waals surface area contributed by atoms with Crippen molar-refractivity contribution in [3.63, 3.8) is 0 Å². The first-order valence-electron chi connectivity index (χ1n) is 6.48. The molecule has 1 fully saturated rings. The van der Waals surface area contributed by atoms with E-state index in [0.29, 0.717) is 26.9 Å². The summed E-state index contributed by atoms with van der Waals surface area (Å²) in [6.45, 7) is 1.56. The highest BCUT2D eigenvalue weighted by molar-refractivity contribution is 7.90. The van der Waals surface area contributed by atoms with Crippen LogP contribution in [-0.4, -0.2) is 37.7 Å². The molecule has 0 radical (unpaired) electrons. The second-order valence-corrected chi connectivity index (χ2v) is 7.82. The number of aromatic nitrogens is 2. The zero-order valence-corrected chi connectivity index (χ0v) is 13.6. The lowest BCUT2D eigenvalue weighted by Crippen LogP contribution is -2.22. The zero-order chi connectivity index (χ0) is 15.2. The minimum absolute atomic E-state index is 0.00436. The SMILES string of the molecule is CS(=O)(=O)c1nc2cc(Cl)c(Cl)cc2nc1N1CCCC1. The van der Waals surface area contributed by atoms with E-state index in [2.05, 4.69) is 9.97 Å². The molecule has 1 aliphatic rings. The molecular formula is C13H13Cl2N3O2S. The lowest BCUT2D eigenvalue weighted by Gasteiger charge is -2.19. The summed E-state index contributed by atoms with van der Waals surface area (Å²) in [6, 6.07) is 3.15. The van der Waals surface area contributed by atoms with Crippen LogP contribution in [0.1, 0.15) is 12.8 Å². The van der Waals surface area contributed by atoms with Crippen LogP contribution in [0.5, 0.6) is 0 Å². The largest absolute Gasteiger partial charge is 0.354 e. The van der Waals surface area contributed by atoms with Crippen molar-refractivity contribution in [3.8, 4) is 0 Å². The molecule has 1 aliphatic heterocycles. The Balaban J connectivity index is 2.30. The van der Waals surface area contributed by atoms with Gasteiger partial charge in [-0.25, -0.2) is 18.4 Å². The molecule has 21 heavy (non-hydrogen) atoms. The first-order valence-corrected chi connectivity index (χ1v) is 9.13. The number of sulfone groups is 1. The molecule has 0 atom stereocenters. The Hall–Kier alpha value is -1.11. The average Bonchev–Trinajstić information content (AvgIpc) is 2.91. The molecule has 112 valence electrons. The van der Waals surface area contributed by atoms with Crippen molar-refractivity contribution < 1.29 is 8.42 Å². The van der Waals surface area contributed by atoms with E-state index < -0.39 is 9.84 Å². The summed E-state index contributed by atoms with van der Waals surface area (Å²) in [5, 5.41) is 0.695. The van der Waals surface area contributed by atoms with Crippen LogP contribution in [0.2, 0.25) is 10.0 Å². The van der Waals surface area contributed by atoms with Crippen molar-refractivity contribution in [1.29, 1.82) is 0 Å². The summed E-state index contributed by atoms with van der Waals surface area (Å²) in [6.07, 6.45) is 3.18. The van der Waals surface area contributed by atoms with E-state index in [9.17, 15) is 8.42 Å². The molecule has 0 bridgehead atoms. The van der Waals surface area contributed by atoms with Crippen LogP contribution >= 0.6 is 23.2 Å². The van der Waals surface area contributed by atoms with E-state index in [1.165, 1.54) is 6.07 Å². The third kappa shape index (κ3) is 2.80. The Morgan fingerprint density at radius 2 is 1.57 bits per heavy atom. The molecule has 0 spiro atoms. The van der Waals surface area contributed by atoms with E-state index in [0.717, 1.165) is 32.2 Å². The molecule has 1 aromatic heterocycles. The zero-order valence-electron chi connectivity index (χ0n) is 11.3. The minimum atomic E-state index is -3.48. The van der Waals surface area contributed by atoms with Gasteiger partial charge in [-0.3, -0.25) is 0 Å². The second kappa shape index (κ2) is 5.26. The Morgan fingerprint density at radius 3 is 2.10 bits per heavy atom. The number of fused-ring (bicyclic) bond motifs is 1. The van der Waals surface area contributed by atoms with E-state index in [1.54, 1.807) is 6.07 Å². The van der Waals surface area contributed by atoms with Gasteiger partial charge in [0, 0.05) is 19.3 Å². The maximum Gasteiger partial charge on any atom is 0.198 e. The quantitative estimate of drug-likeness (QED) is 0.837. The smallest absolute Gasteiger partial charge is 0.198 e. The van der Waals surface area contributed by atoms with Crippen LogP contribution in [0.15, 0.2) is 17.2 Å². The summed E-state index contributed by atoms with van der Waals surface area (Å²) < 4.78 is 24.0. The van der Waals surface area contributed by atoms with Crippen LogP contribution in [0.3, 0.4) is 0 Å². The van der Waals surface area contributed by atoms with Crippen molar-refractivity contribution in [1.82, 2.24) is 9.97 Å². The van der Waals surface area contributed by atoms with Gasteiger partial charge in [0.1, 0.15) is 0 Å². The van der Waals surface area contributed by atoms with Gasteiger partial charge in [0.15, 0.2) is 20.7 Å². The molecule has 0 saturated carbocycles. The van der Waals surface area contributed by atoms with E-state index in [1.807, 2.05) is 4.90 Å². The van der Waals surface area contributed by atoms with Gasteiger partial charge in [0.05, 0.1) is 21.1 Å². The summed E-state index contributed by atoms with van der Waals surface area (Å²) in [5.74, 6) is 0.404. The van der Waals surface area contributed by atoms with E-state index >= 15 is 0 Å². The molecule has 5 nitrogen and oxygen atoms in total. The maximum absolute atomic E-state index is 12.0. The van der Waals surface area contributed by atoms with Gasteiger partial charge in [0.2, 0.25) is 0 Å². The molecule has 0 N–H and O–H groups in total. The molecule has 0 unspecified atom stereocenters. The number of nitrogens with zero attached hydrogens (tertiary/aromatic N) is 3. The van der Waals surface area contributed by atoms with Crippen LogP contribution in [0, 0.1) is 0 Å². The predicted molar refractivity (Wildman–Crippen MR) is 84.1 cm³/mol. The molecule has 0 aliphatic carbocycles. The second-order valence-electron chi connectivity index (χ2n) is 5.07. The highest BCUT2D eigenvalue weighted by atomic mass is 35.5. The van der Waals surface area contributed by atoms with Gasteiger partial charge in [-0.1, -0.05) is 23.2 Å². The normalized spacial score (nSPS) is 15.9. The first kappa shape index (κ1) is 14.8. The fourth-order valence-corrected chi connectivity index (χ4v) is 3.50. The van der Waals surface area contributed by atoms with Gasteiger partial charge in [-0.2, -0.15) is 0 Å². The molecule has 0 amide bonds. The van der Waals surface area contributed by atoms with Crippen LogP contribution in [-0.2, 0) is 9.84 Å². The number of halogens is 2. The maximum atomic E-state index is 12.0. The third-order valence-corrected chi connectivity index (χ3v) is 5.11. The Bertz CT molecular complexity index is 818. The summed E-state index contributed by atoms with van der Waals surface area (Å²) in [5.41, 5.74) is 0.964. The molecule has 2 aromatic rings. The summed E-state index contributed by atoms with van der Waals surface area (Å²) >= 11 is 12.0. The summed E-state index contributed by atoms with van der Waals surface area (Å²) in [7, 11) is -3.48. The van der Waals surface area contributed by atoms with Crippen molar-refractivity contribution in [3.05, 3.63) is 22.2 Å². The number of anilines is 1. The molecule has 1 aromatic carbocycles. The third-order valence-electron chi connectivity index (χ3n) is 3.41. The number of hydrogen-bond acceptors (Lipinski definition) is 5. The van der Waals surface area contributed by atoms with Crippen LogP contribution in [0.25, 0.3) is 11.0 Å². The van der Waals surface area contributed by atoms with Crippen LogP contribution in [0.4, 0.5) is 5.82 Å². The van der Waals surface area contributed by atoms with E-state index in [4.69, 9.17) is 23.2 Å². The fraction of sp³-hybridized carbons (Fsp3) is 0.385. The van der Waals surface area contributed by atoms with Gasteiger partial charge in [-0.15, -0.1) is 0 Å². The average molecular weight is 346 g/mol. The van der Waals surface area contributed by atoms with Crippen molar-refractivity contribution in [2.75, 3.05) is 24.2 Å². The van der Waals surface area contributed by atoms with Gasteiger partial charge in [0.25, 0.3) is 0 Å². The van der Waals surface area contributed by atoms with Crippen molar-refractivity contribution in [2.45, 2.75) is 17.9 Å². The lowest BCUT2D eigenvalue weighted by atomic mass is 10.3. The number of benzene rings is 1. The van der Waals surface area contributed by atoms with Crippen molar-refractivity contribution in [2.24, 2.45) is 0 Å². The van der Waals surface area contributed by atoms with Gasteiger partial charge >= 0.3 is 0 Å². The van der Waals surface area contributed by atoms with Gasteiger partial charge in [-0.05, 0) is 25.0 Å². The molecule has 2 heterocycles.